The largest absolute Gasteiger partial charge is 0.488 e. The molecule has 1 aromatic heterocycles. The zero-order valence-corrected chi connectivity index (χ0v) is 25.7. The fourth-order valence-corrected chi connectivity index (χ4v) is 6.24. The van der Waals surface area contributed by atoms with Gasteiger partial charge in [-0.25, -0.2) is 14.2 Å². The average molecular weight is 676 g/mol. The quantitative estimate of drug-likeness (QED) is 0.208. The van der Waals surface area contributed by atoms with Crippen LogP contribution in [-0.2, 0) is 16.1 Å². The summed E-state index contributed by atoms with van der Waals surface area (Å²) in [5, 5.41) is 0.783. The molecule has 0 amide bonds. The Morgan fingerprint density at radius 1 is 1.17 bits per heavy atom. The molecule has 1 aliphatic rings. The van der Waals surface area contributed by atoms with Gasteiger partial charge in [-0.15, -0.1) is 0 Å². The van der Waals surface area contributed by atoms with Crippen molar-refractivity contribution >= 4 is 62.5 Å². The van der Waals surface area contributed by atoms with Crippen molar-refractivity contribution in [3.05, 3.63) is 129 Å². The van der Waals surface area contributed by atoms with Crippen LogP contribution in [0.3, 0.4) is 0 Å². The van der Waals surface area contributed by atoms with Gasteiger partial charge < -0.3 is 9.47 Å². The lowest BCUT2D eigenvalue weighted by atomic mass is 9.96. The Morgan fingerprint density at radius 3 is 2.63 bits per heavy atom. The number of aromatic nitrogens is 1. The molecule has 0 N–H and O–H groups in total. The Bertz CT molecular complexity index is 1850. The van der Waals surface area contributed by atoms with Crippen molar-refractivity contribution in [2.24, 2.45) is 4.99 Å². The van der Waals surface area contributed by atoms with Crippen LogP contribution >= 0.6 is 50.5 Å². The first kappa shape index (κ1) is 29.3. The Morgan fingerprint density at radius 2 is 1.93 bits per heavy atom. The van der Waals surface area contributed by atoms with Crippen molar-refractivity contribution in [2.45, 2.75) is 26.5 Å². The Labute approximate surface area is 257 Å². The summed E-state index contributed by atoms with van der Waals surface area (Å²) in [5.41, 5.74) is 1.90. The van der Waals surface area contributed by atoms with E-state index in [1.54, 1.807) is 68.5 Å². The number of hydrogen-bond donors (Lipinski definition) is 0. The number of fused-ring (bicyclic) bond motifs is 1. The molecular weight excluding hydrogens is 654 g/mol. The maximum absolute atomic E-state index is 14.3. The molecule has 1 atom stereocenters. The molecule has 1 aliphatic heterocycles. The molecule has 0 saturated heterocycles. The molecular formula is C30H22BrCl2FN2O4S. The number of halogens is 4. The van der Waals surface area contributed by atoms with Crippen molar-refractivity contribution in [3.63, 3.8) is 0 Å². The number of allylic oxidation sites excluding steroid dienone is 1. The molecule has 0 saturated carbocycles. The standard InChI is InChI=1S/C30H22BrCl2FN2O4S/c1-3-39-29(38)26-16(2)35-30-36(27(26)17-7-10-20(32)11-8-17)28(37)25(41-30)14-18-13-19(31)9-12-24(18)40-15-21-22(33)5-4-6-23(21)34/h4-14,27H,3,15H2,1-2H3/t27-/m1/s1. The normalized spacial score (nSPS) is 15.0. The molecule has 5 rings (SSSR count). The first-order chi connectivity index (χ1) is 19.7. The van der Waals surface area contributed by atoms with Crippen LogP contribution in [0.5, 0.6) is 5.75 Å². The minimum atomic E-state index is -0.758. The molecule has 0 radical (unpaired) electrons. The van der Waals surface area contributed by atoms with Gasteiger partial charge in [-0.2, -0.15) is 0 Å². The summed E-state index contributed by atoms with van der Waals surface area (Å²) >= 11 is 17.0. The highest BCUT2D eigenvalue weighted by Gasteiger charge is 2.33. The van der Waals surface area contributed by atoms with Crippen molar-refractivity contribution in [1.82, 2.24) is 4.57 Å². The molecule has 3 aromatic carbocycles. The summed E-state index contributed by atoms with van der Waals surface area (Å²) in [4.78, 5) is 32.0. The van der Waals surface area contributed by atoms with E-state index >= 15 is 0 Å². The Kier molecular flexibility index (Phi) is 8.79. The molecule has 0 aliphatic carbocycles. The van der Waals surface area contributed by atoms with Gasteiger partial charge in [0.05, 0.1) is 33.5 Å². The predicted molar refractivity (Wildman–Crippen MR) is 162 cm³/mol. The van der Waals surface area contributed by atoms with Crippen LogP contribution in [-0.4, -0.2) is 17.1 Å². The van der Waals surface area contributed by atoms with Crippen LogP contribution in [0.2, 0.25) is 10.0 Å². The average Bonchev–Trinajstić information content (AvgIpc) is 3.23. The van der Waals surface area contributed by atoms with Gasteiger partial charge in [0.1, 0.15) is 18.2 Å². The molecule has 0 bridgehead atoms. The third kappa shape index (κ3) is 6.04. The van der Waals surface area contributed by atoms with Crippen LogP contribution < -0.4 is 19.6 Å². The van der Waals surface area contributed by atoms with E-state index in [1.165, 1.54) is 28.0 Å². The Hall–Kier alpha value is -3.24. The van der Waals surface area contributed by atoms with E-state index in [0.717, 1.165) is 4.47 Å². The molecule has 0 spiro atoms. The van der Waals surface area contributed by atoms with Gasteiger partial charge in [0, 0.05) is 20.6 Å². The second kappa shape index (κ2) is 12.3. The third-order valence-corrected chi connectivity index (χ3v) is 8.48. The predicted octanol–water partition coefficient (Wildman–Crippen LogP) is 6.59. The van der Waals surface area contributed by atoms with E-state index in [-0.39, 0.29) is 34.9 Å². The van der Waals surface area contributed by atoms with Gasteiger partial charge in [-0.05, 0) is 68.0 Å². The minimum Gasteiger partial charge on any atom is -0.488 e. The zero-order valence-electron chi connectivity index (χ0n) is 21.8. The molecule has 6 nitrogen and oxygen atoms in total. The summed E-state index contributed by atoms with van der Waals surface area (Å²) in [5.74, 6) is -0.590. The number of esters is 1. The lowest BCUT2D eigenvalue weighted by Gasteiger charge is -2.24. The molecule has 2 heterocycles. The van der Waals surface area contributed by atoms with Crippen molar-refractivity contribution in [3.8, 4) is 5.75 Å². The van der Waals surface area contributed by atoms with Gasteiger partial charge in [0.15, 0.2) is 4.80 Å². The molecule has 4 aromatic rings. The second-order valence-corrected chi connectivity index (χ2v) is 11.8. The zero-order chi connectivity index (χ0) is 29.3. The maximum atomic E-state index is 14.3. The fourth-order valence-electron chi connectivity index (χ4n) is 4.48. The molecule has 0 unspecified atom stereocenters. The number of thiazole rings is 1. The monoisotopic (exact) mass is 674 g/mol. The van der Waals surface area contributed by atoms with E-state index in [4.69, 9.17) is 32.7 Å². The van der Waals surface area contributed by atoms with Gasteiger partial charge in [-0.3, -0.25) is 9.36 Å². The van der Waals surface area contributed by atoms with Gasteiger partial charge in [0.25, 0.3) is 5.56 Å². The summed E-state index contributed by atoms with van der Waals surface area (Å²) < 4.78 is 28.3. The van der Waals surface area contributed by atoms with E-state index in [1.807, 2.05) is 0 Å². The number of ether oxygens (including phenoxy) is 2. The fraction of sp³-hybridized carbons (Fsp3) is 0.167. The van der Waals surface area contributed by atoms with Crippen LogP contribution in [0.4, 0.5) is 4.39 Å². The summed E-state index contributed by atoms with van der Waals surface area (Å²) in [7, 11) is 0. The van der Waals surface area contributed by atoms with Gasteiger partial charge >= 0.3 is 5.97 Å². The smallest absolute Gasteiger partial charge is 0.338 e. The number of carbonyl (C=O) groups is 1. The lowest BCUT2D eigenvalue weighted by molar-refractivity contribution is -0.139. The number of rotatable bonds is 7. The highest BCUT2D eigenvalue weighted by atomic mass is 79.9. The van der Waals surface area contributed by atoms with Crippen molar-refractivity contribution in [1.29, 1.82) is 0 Å². The van der Waals surface area contributed by atoms with E-state index in [2.05, 4.69) is 20.9 Å². The maximum Gasteiger partial charge on any atom is 0.338 e. The van der Waals surface area contributed by atoms with Crippen LogP contribution in [0.1, 0.15) is 36.6 Å². The van der Waals surface area contributed by atoms with Crippen LogP contribution in [0.15, 0.2) is 86.2 Å². The summed E-state index contributed by atoms with van der Waals surface area (Å²) in [6.07, 6.45) is 1.69. The van der Waals surface area contributed by atoms with E-state index in [9.17, 15) is 14.0 Å². The third-order valence-electron chi connectivity index (χ3n) is 6.39. The molecule has 41 heavy (non-hydrogen) atoms. The number of hydrogen-bond acceptors (Lipinski definition) is 6. The first-order valence-electron chi connectivity index (χ1n) is 12.5. The molecule has 11 heteroatoms. The van der Waals surface area contributed by atoms with Crippen molar-refractivity contribution < 1.29 is 18.7 Å². The van der Waals surface area contributed by atoms with Crippen molar-refractivity contribution in [2.75, 3.05) is 6.61 Å². The number of nitrogens with zero attached hydrogens (tertiary/aromatic N) is 2. The molecule has 210 valence electrons. The summed E-state index contributed by atoms with van der Waals surface area (Å²) in [6, 6.07) is 15.9. The Balaban J connectivity index is 1.62. The van der Waals surface area contributed by atoms with Gasteiger partial charge in [-0.1, -0.05) is 68.7 Å². The van der Waals surface area contributed by atoms with Crippen LogP contribution in [0.25, 0.3) is 6.08 Å². The topological polar surface area (TPSA) is 69.9 Å². The van der Waals surface area contributed by atoms with Gasteiger partial charge in [0.2, 0.25) is 0 Å². The second-order valence-electron chi connectivity index (χ2n) is 9.02. The lowest BCUT2D eigenvalue weighted by Crippen LogP contribution is -2.39. The SMILES string of the molecule is CCOC(=O)C1=C(C)N=c2sc(=Cc3cc(Br)ccc3OCc3c(F)cccc3Cl)c(=O)n2[C@@H]1c1ccc(Cl)cc1. The highest BCUT2D eigenvalue weighted by molar-refractivity contribution is 9.10. The van der Waals surface area contributed by atoms with E-state index in [0.29, 0.717) is 36.9 Å². The van der Waals surface area contributed by atoms with Crippen LogP contribution in [0, 0.1) is 5.82 Å². The first-order valence-corrected chi connectivity index (χ1v) is 14.8. The number of benzene rings is 3. The minimum absolute atomic E-state index is 0.103. The molecule has 0 fully saturated rings. The highest BCUT2D eigenvalue weighted by Crippen LogP contribution is 2.32. The number of carbonyl (C=O) groups excluding carboxylic acids is 1. The summed E-state index contributed by atoms with van der Waals surface area (Å²) in [6.45, 7) is 3.52. The van der Waals surface area contributed by atoms with E-state index < -0.39 is 17.8 Å².